The molecule has 0 unspecified atom stereocenters. The highest BCUT2D eigenvalue weighted by Gasteiger charge is 2.22. The first kappa shape index (κ1) is 21.1. The van der Waals surface area contributed by atoms with Gasteiger partial charge in [-0.2, -0.15) is 5.10 Å². The van der Waals surface area contributed by atoms with Gasteiger partial charge in [-0.15, -0.1) is 0 Å². The van der Waals surface area contributed by atoms with Gasteiger partial charge in [-0.1, -0.05) is 12.1 Å². The van der Waals surface area contributed by atoms with Gasteiger partial charge in [-0.25, -0.2) is 17.8 Å². The zero-order chi connectivity index (χ0) is 22.1. The summed E-state index contributed by atoms with van der Waals surface area (Å²) in [6.07, 6.45) is 1.52. The summed E-state index contributed by atoms with van der Waals surface area (Å²) >= 11 is 0. The summed E-state index contributed by atoms with van der Waals surface area (Å²) in [5.74, 6) is -1.13. The summed E-state index contributed by atoms with van der Waals surface area (Å²) in [5, 5.41) is 4.15. The first-order chi connectivity index (χ1) is 14.1. The molecule has 0 fully saturated rings. The van der Waals surface area contributed by atoms with Gasteiger partial charge in [-0.3, -0.25) is 9.59 Å². The lowest BCUT2D eigenvalue weighted by atomic mass is 10.1. The zero-order valence-corrected chi connectivity index (χ0v) is 17.4. The van der Waals surface area contributed by atoms with Crippen molar-refractivity contribution in [3.05, 3.63) is 71.0 Å². The molecule has 3 N–H and O–H groups in total. The number of aromatic nitrogens is 2. The van der Waals surface area contributed by atoms with E-state index in [1.165, 1.54) is 36.2 Å². The van der Waals surface area contributed by atoms with Gasteiger partial charge in [0.15, 0.2) is 5.69 Å². The Kier molecular flexibility index (Phi) is 5.61. The number of rotatable bonds is 6. The van der Waals surface area contributed by atoms with Crippen LogP contribution in [0.4, 0.5) is 0 Å². The Bertz CT molecular complexity index is 1250. The number of nitrogens with zero attached hydrogens (tertiary/aromatic N) is 2. The number of hydrogen-bond donors (Lipinski definition) is 2. The molecule has 2 amide bonds. The fourth-order valence-corrected chi connectivity index (χ4v) is 3.81. The molecule has 10 heteroatoms. The molecular weight excluding hydrogens is 408 g/mol. The van der Waals surface area contributed by atoms with E-state index < -0.39 is 21.8 Å². The highest BCUT2D eigenvalue weighted by molar-refractivity contribution is 7.90. The van der Waals surface area contributed by atoms with Gasteiger partial charge in [0.25, 0.3) is 15.9 Å². The molecule has 1 heterocycles. The van der Waals surface area contributed by atoms with Crippen LogP contribution in [0.25, 0.3) is 5.69 Å². The fourth-order valence-electron chi connectivity index (χ4n) is 2.83. The van der Waals surface area contributed by atoms with Crippen LogP contribution >= 0.6 is 0 Å². The normalized spacial score (nSPS) is 11.2. The number of nitrogens with two attached hydrogens (primary N) is 1. The van der Waals surface area contributed by atoms with Gasteiger partial charge in [0.1, 0.15) is 11.4 Å². The summed E-state index contributed by atoms with van der Waals surface area (Å²) in [4.78, 5) is 23.7. The number of aryl methyl sites for hydroxylation is 2. The number of nitrogens with one attached hydrogen (secondary N) is 1. The molecule has 0 saturated heterocycles. The van der Waals surface area contributed by atoms with Gasteiger partial charge in [0.05, 0.1) is 12.0 Å². The molecule has 0 radical (unpaired) electrons. The van der Waals surface area contributed by atoms with Crippen molar-refractivity contribution < 1.29 is 22.7 Å². The van der Waals surface area contributed by atoms with Gasteiger partial charge < -0.3 is 10.5 Å². The largest absolute Gasteiger partial charge is 0.494 e. The number of hydrogen-bond acceptors (Lipinski definition) is 6. The van der Waals surface area contributed by atoms with Crippen LogP contribution in [0.3, 0.4) is 0 Å². The maximum Gasteiger partial charge on any atom is 0.285 e. The Labute approximate surface area is 173 Å². The number of carbonyl (C=O) groups is 2. The topological polar surface area (TPSA) is 133 Å². The molecule has 156 valence electrons. The molecule has 3 rings (SSSR count). The smallest absolute Gasteiger partial charge is 0.285 e. The van der Waals surface area contributed by atoms with Crippen LogP contribution in [-0.4, -0.2) is 37.1 Å². The maximum absolute atomic E-state index is 12.6. The molecule has 2 aromatic carbocycles. The number of carbonyl (C=O) groups excluding carboxylic acids is 2. The van der Waals surface area contributed by atoms with Crippen molar-refractivity contribution in [2.75, 3.05) is 7.11 Å². The lowest BCUT2D eigenvalue weighted by Crippen LogP contribution is -2.31. The van der Waals surface area contributed by atoms with E-state index in [2.05, 4.69) is 5.10 Å². The monoisotopic (exact) mass is 428 g/mol. The van der Waals surface area contributed by atoms with Gasteiger partial charge in [0, 0.05) is 11.8 Å². The molecule has 0 aliphatic rings. The molecule has 0 spiro atoms. The van der Waals surface area contributed by atoms with E-state index in [0.717, 1.165) is 11.6 Å². The van der Waals surface area contributed by atoms with Gasteiger partial charge >= 0.3 is 0 Å². The van der Waals surface area contributed by atoms with Crippen LogP contribution in [0, 0.1) is 13.8 Å². The maximum atomic E-state index is 12.6. The van der Waals surface area contributed by atoms with Crippen LogP contribution in [0.5, 0.6) is 5.75 Å². The Morgan fingerprint density at radius 3 is 2.50 bits per heavy atom. The average Bonchev–Trinajstić information content (AvgIpc) is 3.18. The van der Waals surface area contributed by atoms with E-state index in [1.807, 2.05) is 23.8 Å². The second-order valence-electron chi connectivity index (χ2n) is 6.60. The van der Waals surface area contributed by atoms with Crippen molar-refractivity contribution in [3.63, 3.8) is 0 Å². The number of amides is 2. The van der Waals surface area contributed by atoms with E-state index in [9.17, 15) is 18.0 Å². The molecule has 0 saturated carbocycles. The molecule has 0 bridgehead atoms. The van der Waals surface area contributed by atoms with Gasteiger partial charge in [0.2, 0.25) is 5.91 Å². The fraction of sp³-hybridized carbons (Fsp3) is 0.150. The minimum absolute atomic E-state index is 0.0566. The predicted octanol–water partition coefficient (Wildman–Crippen LogP) is 1.72. The Hall–Kier alpha value is -3.66. The SMILES string of the molecule is COc1ccc(C)cc1-n1ccc(C(=O)NS(=O)(=O)c2ccc(C)c(C(N)=O)c2)n1. The standard InChI is InChI=1S/C20H20N4O5S/c1-12-4-7-18(29-3)17(10-12)24-9-8-16(22-24)20(26)23-30(27,28)14-6-5-13(2)15(11-14)19(21)25/h4-11H,1-3H3,(H2,21,25)(H,23,26). The second-order valence-corrected chi connectivity index (χ2v) is 8.28. The zero-order valence-electron chi connectivity index (χ0n) is 16.5. The second kappa shape index (κ2) is 7.99. The van der Waals surface area contributed by atoms with Crippen molar-refractivity contribution in [2.24, 2.45) is 5.73 Å². The van der Waals surface area contributed by atoms with E-state index >= 15 is 0 Å². The number of sulfonamides is 1. The molecule has 0 aliphatic heterocycles. The third-order valence-electron chi connectivity index (χ3n) is 4.41. The average molecular weight is 428 g/mol. The van der Waals surface area contributed by atoms with Crippen molar-refractivity contribution in [2.45, 2.75) is 18.7 Å². The van der Waals surface area contributed by atoms with E-state index in [0.29, 0.717) is 17.0 Å². The number of methoxy groups -OCH3 is 1. The minimum atomic E-state index is -4.24. The summed E-state index contributed by atoms with van der Waals surface area (Å²) in [6, 6.07) is 10.7. The van der Waals surface area contributed by atoms with Crippen LogP contribution < -0.4 is 15.2 Å². The molecule has 9 nitrogen and oxygen atoms in total. The van der Waals surface area contributed by atoms with Crippen molar-refractivity contribution in [1.29, 1.82) is 0 Å². The highest BCUT2D eigenvalue weighted by atomic mass is 32.2. The predicted molar refractivity (Wildman–Crippen MR) is 109 cm³/mol. The van der Waals surface area contributed by atoms with Crippen LogP contribution in [0.2, 0.25) is 0 Å². The molecule has 0 atom stereocenters. The van der Waals surface area contributed by atoms with E-state index in [1.54, 1.807) is 13.0 Å². The van der Waals surface area contributed by atoms with Gasteiger partial charge in [-0.05, 0) is 55.3 Å². The van der Waals surface area contributed by atoms with E-state index in [4.69, 9.17) is 10.5 Å². The Morgan fingerprint density at radius 2 is 1.83 bits per heavy atom. The van der Waals surface area contributed by atoms with Crippen molar-refractivity contribution in [1.82, 2.24) is 14.5 Å². The third kappa shape index (κ3) is 4.18. The first-order valence-corrected chi connectivity index (χ1v) is 10.3. The Balaban J connectivity index is 1.88. The third-order valence-corrected chi connectivity index (χ3v) is 5.74. The molecule has 3 aromatic rings. The lowest BCUT2D eigenvalue weighted by Gasteiger charge is -2.10. The minimum Gasteiger partial charge on any atom is -0.494 e. The van der Waals surface area contributed by atoms with Crippen molar-refractivity contribution in [3.8, 4) is 11.4 Å². The molecule has 1 aromatic heterocycles. The Morgan fingerprint density at radius 1 is 1.10 bits per heavy atom. The number of ether oxygens (including phenoxy) is 1. The first-order valence-electron chi connectivity index (χ1n) is 8.80. The number of primary amides is 1. The summed E-state index contributed by atoms with van der Waals surface area (Å²) < 4.78 is 33.9. The van der Waals surface area contributed by atoms with Crippen molar-refractivity contribution >= 4 is 21.8 Å². The van der Waals surface area contributed by atoms with E-state index in [-0.39, 0.29) is 16.2 Å². The highest BCUT2D eigenvalue weighted by Crippen LogP contribution is 2.23. The molecule has 0 aliphatic carbocycles. The lowest BCUT2D eigenvalue weighted by molar-refractivity contribution is 0.0974. The van der Waals surface area contributed by atoms with Crippen LogP contribution in [0.15, 0.2) is 53.6 Å². The summed E-state index contributed by atoms with van der Waals surface area (Å²) in [6.45, 7) is 3.52. The molecule has 30 heavy (non-hydrogen) atoms. The summed E-state index contributed by atoms with van der Waals surface area (Å²) in [5.41, 5.74) is 7.30. The quantitative estimate of drug-likeness (QED) is 0.614. The summed E-state index contributed by atoms with van der Waals surface area (Å²) in [7, 11) is -2.72. The number of benzene rings is 2. The molecular formula is C20H20N4O5S. The van der Waals surface area contributed by atoms with Crippen LogP contribution in [-0.2, 0) is 10.0 Å². The van der Waals surface area contributed by atoms with Crippen LogP contribution in [0.1, 0.15) is 32.0 Å².